The molecule has 1 saturated heterocycles. The summed E-state index contributed by atoms with van der Waals surface area (Å²) in [6.07, 6.45) is 1.06. The van der Waals surface area contributed by atoms with Crippen LogP contribution in [0.25, 0.3) is 0 Å². The third kappa shape index (κ3) is 5.04. The highest BCUT2D eigenvalue weighted by atomic mass is 16.5. The van der Waals surface area contributed by atoms with E-state index in [1.807, 2.05) is 30.3 Å². The maximum Gasteiger partial charge on any atom is 0.238 e. The van der Waals surface area contributed by atoms with E-state index >= 15 is 0 Å². The van der Waals surface area contributed by atoms with Gasteiger partial charge in [0.2, 0.25) is 5.91 Å². The van der Waals surface area contributed by atoms with Gasteiger partial charge in [0.05, 0.1) is 13.7 Å². The summed E-state index contributed by atoms with van der Waals surface area (Å²) in [6.45, 7) is 8.41. The monoisotopic (exact) mass is 381 g/mol. The third-order valence-corrected chi connectivity index (χ3v) is 5.56. The Morgan fingerprint density at radius 1 is 1.07 bits per heavy atom. The van der Waals surface area contributed by atoms with Crippen LogP contribution in [-0.2, 0) is 4.79 Å². The van der Waals surface area contributed by atoms with Crippen molar-refractivity contribution in [2.24, 2.45) is 0 Å². The van der Waals surface area contributed by atoms with Crippen LogP contribution >= 0.6 is 0 Å². The van der Waals surface area contributed by atoms with Crippen molar-refractivity contribution in [3.8, 4) is 5.75 Å². The smallest absolute Gasteiger partial charge is 0.238 e. The minimum Gasteiger partial charge on any atom is -0.497 e. The number of nitrogens with zero attached hydrogens (tertiary/aromatic N) is 2. The summed E-state index contributed by atoms with van der Waals surface area (Å²) in [5.74, 6) is 1.37. The highest BCUT2D eigenvalue weighted by molar-refractivity contribution is 5.93. The van der Waals surface area contributed by atoms with Crippen LogP contribution in [0.4, 0.5) is 11.4 Å². The quantitative estimate of drug-likeness (QED) is 0.788. The number of para-hydroxylation sites is 1. The molecule has 1 aliphatic rings. The summed E-state index contributed by atoms with van der Waals surface area (Å²) in [4.78, 5) is 17.2. The lowest BCUT2D eigenvalue weighted by Gasteiger charge is -2.35. The van der Waals surface area contributed by atoms with Crippen LogP contribution in [-0.4, -0.2) is 50.6 Å². The number of nitrogens with one attached hydrogen (secondary N) is 1. The molecule has 5 nitrogen and oxygen atoms in total. The largest absolute Gasteiger partial charge is 0.497 e. The van der Waals surface area contributed by atoms with Gasteiger partial charge in [0.1, 0.15) is 5.75 Å². The van der Waals surface area contributed by atoms with Gasteiger partial charge >= 0.3 is 0 Å². The zero-order chi connectivity index (χ0) is 19.9. The van der Waals surface area contributed by atoms with E-state index in [1.165, 1.54) is 11.3 Å². The van der Waals surface area contributed by atoms with Crippen molar-refractivity contribution < 1.29 is 9.53 Å². The number of piperazine rings is 1. The molecule has 0 bridgehead atoms. The van der Waals surface area contributed by atoms with E-state index in [0.717, 1.165) is 44.0 Å². The lowest BCUT2D eigenvalue weighted by Crippen LogP contribution is -2.48. The van der Waals surface area contributed by atoms with E-state index in [9.17, 15) is 4.79 Å². The first-order valence-electron chi connectivity index (χ1n) is 10.1. The molecule has 150 valence electrons. The molecular formula is C23H31N3O2. The number of benzene rings is 2. The topological polar surface area (TPSA) is 44.8 Å². The molecule has 1 aliphatic heterocycles. The van der Waals surface area contributed by atoms with Gasteiger partial charge in [0.15, 0.2) is 0 Å². The van der Waals surface area contributed by atoms with Crippen molar-refractivity contribution in [2.45, 2.75) is 26.2 Å². The van der Waals surface area contributed by atoms with E-state index in [-0.39, 0.29) is 5.91 Å². The molecule has 1 N–H and O–H groups in total. The van der Waals surface area contributed by atoms with E-state index < -0.39 is 0 Å². The standard InChI is InChI=1S/C23H31N3O2/c1-4-18(2)21-7-5-6-8-22(21)24-23(27)17-25-13-15-26(16-14-25)19-9-11-20(28-3)12-10-19/h5-12,18H,4,13-17H2,1-3H3,(H,24,27)/t18-/m0/s1. The number of ether oxygens (including phenoxy) is 1. The molecule has 0 unspecified atom stereocenters. The molecule has 1 fully saturated rings. The Kier molecular flexibility index (Phi) is 6.93. The molecule has 1 heterocycles. The molecule has 0 radical (unpaired) electrons. The van der Waals surface area contributed by atoms with Gasteiger partial charge in [-0.15, -0.1) is 0 Å². The first-order chi connectivity index (χ1) is 13.6. The fourth-order valence-corrected chi connectivity index (χ4v) is 3.61. The second kappa shape index (κ2) is 9.60. The Morgan fingerprint density at radius 3 is 2.39 bits per heavy atom. The zero-order valence-corrected chi connectivity index (χ0v) is 17.1. The number of carbonyl (C=O) groups excluding carboxylic acids is 1. The van der Waals surface area contributed by atoms with Crippen molar-refractivity contribution >= 4 is 17.3 Å². The molecule has 1 atom stereocenters. The molecule has 5 heteroatoms. The molecule has 0 saturated carbocycles. The lowest BCUT2D eigenvalue weighted by molar-refractivity contribution is -0.117. The predicted octanol–water partition coefficient (Wildman–Crippen LogP) is 3.97. The molecule has 0 spiro atoms. The van der Waals surface area contributed by atoms with Crippen LogP contribution in [0.1, 0.15) is 31.7 Å². The number of rotatable bonds is 7. The van der Waals surface area contributed by atoms with Gasteiger partial charge in [0, 0.05) is 37.6 Å². The van der Waals surface area contributed by atoms with Gasteiger partial charge in [-0.25, -0.2) is 0 Å². The van der Waals surface area contributed by atoms with Crippen LogP contribution in [0, 0.1) is 0 Å². The minimum absolute atomic E-state index is 0.0636. The third-order valence-electron chi connectivity index (χ3n) is 5.56. The van der Waals surface area contributed by atoms with Crippen LogP contribution < -0.4 is 15.0 Å². The van der Waals surface area contributed by atoms with Crippen molar-refractivity contribution in [1.82, 2.24) is 4.90 Å². The molecule has 1 amide bonds. The van der Waals surface area contributed by atoms with Crippen molar-refractivity contribution in [2.75, 3.05) is 50.1 Å². The van der Waals surface area contributed by atoms with Crippen molar-refractivity contribution in [3.63, 3.8) is 0 Å². The maximum atomic E-state index is 12.6. The summed E-state index contributed by atoms with van der Waals surface area (Å²) in [5, 5.41) is 3.12. The van der Waals surface area contributed by atoms with Crippen molar-refractivity contribution in [3.05, 3.63) is 54.1 Å². The van der Waals surface area contributed by atoms with Gasteiger partial charge in [-0.1, -0.05) is 32.0 Å². The SMILES string of the molecule is CC[C@H](C)c1ccccc1NC(=O)CN1CCN(c2ccc(OC)cc2)CC1. The van der Waals surface area contributed by atoms with Crippen LogP contribution in [0.3, 0.4) is 0 Å². The fraction of sp³-hybridized carbons (Fsp3) is 0.435. The van der Waals surface area contributed by atoms with E-state index in [4.69, 9.17) is 4.74 Å². The molecule has 0 aliphatic carbocycles. The summed E-state index contributed by atoms with van der Waals surface area (Å²) in [7, 11) is 1.68. The second-order valence-corrected chi connectivity index (χ2v) is 7.41. The summed E-state index contributed by atoms with van der Waals surface area (Å²) in [6, 6.07) is 16.3. The number of amides is 1. The maximum absolute atomic E-state index is 12.6. The summed E-state index contributed by atoms with van der Waals surface area (Å²) >= 11 is 0. The Bertz CT molecular complexity index is 768. The second-order valence-electron chi connectivity index (χ2n) is 7.41. The Labute approximate surface area is 168 Å². The zero-order valence-electron chi connectivity index (χ0n) is 17.1. The van der Waals surface area contributed by atoms with Gasteiger partial charge in [-0.05, 0) is 48.2 Å². The van der Waals surface area contributed by atoms with E-state index in [2.05, 4.69) is 47.2 Å². The van der Waals surface area contributed by atoms with Crippen LogP contribution in [0.2, 0.25) is 0 Å². The number of methoxy groups -OCH3 is 1. The lowest BCUT2D eigenvalue weighted by atomic mass is 9.97. The van der Waals surface area contributed by atoms with Crippen molar-refractivity contribution in [1.29, 1.82) is 0 Å². The first kappa shape index (κ1) is 20.2. The Morgan fingerprint density at radius 2 is 1.75 bits per heavy atom. The molecule has 28 heavy (non-hydrogen) atoms. The number of anilines is 2. The number of carbonyl (C=O) groups is 1. The van der Waals surface area contributed by atoms with Crippen LogP contribution in [0.5, 0.6) is 5.75 Å². The Hall–Kier alpha value is -2.53. The highest BCUT2D eigenvalue weighted by Gasteiger charge is 2.20. The van der Waals surface area contributed by atoms with Gasteiger partial charge in [-0.3, -0.25) is 9.69 Å². The highest BCUT2D eigenvalue weighted by Crippen LogP contribution is 2.26. The van der Waals surface area contributed by atoms with Gasteiger partial charge < -0.3 is 15.0 Å². The Balaban J connectivity index is 1.51. The number of hydrogen-bond donors (Lipinski definition) is 1. The number of hydrogen-bond acceptors (Lipinski definition) is 4. The first-order valence-corrected chi connectivity index (χ1v) is 10.1. The van der Waals surface area contributed by atoms with Gasteiger partial charge in [0.25, 0.3) is 0 Å². The predicted molar refractivity (Wildman–Crippen MR) is 115 cm³/mol. The fourth-order valence-electron chi connectivity index (χ4n) is 3.61. The minimum atomic E-state index is 0.0636. The van der Waals surface area contributed by atoms with Crippen LogP contribution in [0.15, 0.2) is 48.5 Å². The molecule has 2 aromatic rings. The van der Waals surface area contributed by atoms with E-state index in [1.54, 1.807) is 7.11 Å². The van der Waals surface area contributed by atoms with E-state index in [0.29, 0.717) is 12.5 Å². The average Bonchev–Trinajstić information content (AvgIpc) is 2.74. The molecule has 3 rings (SSSR count). The molecule has 2 aromatic carbocycles. The van der Waals surface area contributed by atoms with Gasteiger partial charge in [-0.2, -0.15) is 0 Å². The molecular weight excluding hydrogens is 350 g/mol. The molecule has 0 aromatic heterocycles. The summed E-state index contributed by atoms with van der Waals surface area (Å²) in [5.41, 5.74) is 3.36. The average molecular weight is 382 g/mol. The normalized spacial score (nSPS) is 15.9. The summed E-state index contributed by atoms with van der Waals surface area (Å²) < 4.78 is 5.23.